The van der Waals surface area contributed by atoms with E-state index >= 15 is 0 Å². The predicted octanol–water partition coefficient (Wildman–Crippen LogP) is 11.3. The minimum absolute atomic E-state index is 0.00704. The van der Waals surface area contributed by atoms with Crippen LogP contribution in [0.4, 0.5) is 0 Å². The Hall–Kier alpha value is -2.45. The second kappa shape index (κ2) is 39.4. The Morgan fingerprint density at radius 3 is 1.41 bits per heavy atom. The van der Waals surface area contributed by atoms with E-state index in [-0.39, 0.29) is 43.1 Å². The van der Waals surface area contributed by atoms with Crippen LogP contribution in [-0.4, -0.2) is 75.5 Å². The lowest BCUT2D eigenvalue weighted by Gasteiger charge is -2.34. The number of hydrogen-bond donors (Lipinski definition) is 0. The molecule has 56 heavy (non-hydrogen) atoms. The molecular weight excluding hydrogens is 703 g/mol. The van der Waals surface area contributed by atoms with Gasteiger partial charge < -0.3 is 28.6 Å². The second-order valence-corrected chi connectivity index (χ2v) is 16.6. The summed E-state index contributed by atoms with van der Waals surface area (Å²) >= 11 is 0. The van der Waals surface area contributed by atoms with Gasteiger partial charge in [0.1, 0.15) is 12.6 Å². The number of hydrogen-bond acceptors (Lipinski definition) is 7. The fourth-order valence-corrected chi connectivity index (χ4v) is 6.78. The lowest BCUT2D eigenvalue weighted by Crippen LogP contribution is -2.55. The van der Waals surface area contributed by atoms with Crippen LogP contribution in [-0.2, 0) is 28.6 Å². The monoisotopic (exact) mass is 790 g/mol. The first-order chi connectivity index (χ1) is 27.1. The van der Waals surface area contributed by atoms with Gasteiger partial charge in [0, 0.05) is 12.8 Å². The summed E-state index contributed by atoms with van der Waals surface area (Å²) in [5.41, 5.74) is 0. The van der Waals surface area contributed by atoms with Gasteiger partial charge in [-0.2, -0.15) is 0 Å². The van der Waals surface area contributed by atoms with Gasteiger partial charge in [-0.15, -0.1) is 0 Å². The van der Waals surface area contributed by atoms with E-state index in [1.165, 1.54) is 128 Å². The van der Waals surface area contributed by atoms with Crippen molar-refractivity contribution in [1.82, 2.24) is 0 Å². The van der Waals surface area contributed by atoms with Gasteiger partial charge in [0.2, 0.25) is 0 Å². The van der Waals surface area contributed by atoms with Crippen LogP contribution in [0.25, 0.3) is 0 Å². The van der Waals surface area contributed by atoms with E-state index in [1.54, 1.807) is 27.2 Å². The molecule has 0 amide bonds. The maximum absolute atomic E-state index is 12.6. The summed E-state index contributed by atoms with van der Waals surface area (Å²) in [7, 11) is 5.38. The predicted molar refractivity (Wildman–Crippen MR) is 231 cm³/mol. The molecule has 8 nitrogen and oxygen atoms in total. The highest BCUT2D eigenvalue weighted by Crippen LogP contribution is 2.16. The summed E-state index contributed by atoms with van der Waals surface area (Å²) in [5.74, 6) is -1.88. The van der Waals surface area contributed by atoms with Crippen molar-refractivity contribution in [2.45, 2.75) is 212 Å². The third-order valence-electron chi connectivity index (χ3n) is 10.3. The molecule has 8 heteroatoms. The highest BCUT2D eigenvalue weighted by atomic mass is 16.6. The smallest absolute Gasteiger partial charge is 0.310 e. The maximum atomic E-state index is 12.6. The number of carboxylic acids is 1. The Morgan fingerprint density at radius 1 is 0.554 bits per heavy atom. The van der Waals surface area contributed by atoms with Gasteiger partial charge in [-0.1, -0.05) is 192 Å². The lowest BCUT2D eigenvalue weighted by atomic mass is 10.0. The standard InChI is InChI=1S/C48H87NO7/c1-6-8-10-12-14-16-17-18-19-20-21-22-23-24-25-26-27-28-29-31-32-34-36-38-46(50)55-43-44(42-54-41-40-45(48(52)53)49(3,4)5)56-47(51)39-37-35-33-30-15-13-11-9-7-2/h9,11,15,30,35,37,44-45H,6-8,10,12-14,16-29,31-34,36,38-43H2,1-5H3/b11-9+,30-15+,37-35+. The third-order valence-corrected chi connectivity index (χ3v) is 10.3. The number of nitrogens with zero attached hydrogens (tertiary/aromatic N) is 1. The van der Waals surface area contributed by atoms with Crippen LogP contribution >= 0.6 is 0 Å². The van der Waals surface area contributed by atoms with Crippen LogP contribution in [0.1, 0.15) is 200 Å². The van der Waals surface area contributed by atoms with E-state index in [4.69, 9.17) is 14.2 Å². The van der Waals surface area contributed by atoms with Crippen molar-refractivity contribution in [3.8, 4) is 0 Å². The number of allylic oxidation sites excluding steroid dienone is 5. The van der Waals surface area contributed by atoms with Crippen LogP contribution in [0.5, 0.6) is 0 Å². The summed E-state index contributed by atoms with van der Waals surface area (Å²) in [6.07, 6.45) is 45.2. The van der Waals surface area contributed by atoms with E-state index in [9.17, 15) is 19.5 Å². The van der Waals surface area contributed by atoms with Crippen molar-refractivity contribution < 1.29 is 38.2 Å². The molecule has 0 aliphatic carbocycles. The normalized spacial score (nSPS) is 13.2. The quantitative estimate of drug-likeness (QED) is 0.0263. The van der Waals surface area contributed by atoms with E-state index in [0.717, 1.165) is 38.5 Å². The van der Waals surface area contributed by atoms with Gasteiger partial charge in [-0.05, 0) is 25.7 Å². The van der Waals surface area contributed by atoms with E-state index < -0.39 is 24.1 Å². The molecule has 326 valence electrons. The van der Waals surface area contributed by atoms with E-state index in [0.29, 0.717) is 6.42 Å². The SMILES string of the molecule is CC/C=C/C/C=C/C/C=C/CC(=O)OC(COCCC(C(=O)[O-])[N+](C)(C)C)COC(=O)CCCCCCCCCCCCCCCCCCCCCCCCC. The summed E-state index contributed by atoms with van der Waals surface area (Å²) < 4.78 is 17.0. The van der Waals surface area contributed by atoms with Gasteiger partial charge in [-0.25, -0.2) is 0 Å². The molecule has 0 aromatic carbocycles. The first-order valence-corrected chi connectivity index (χ1v) is 23.0. The number of unbranched alkanes of at least 4 members (excludes halogenated alkanes) is 22. The lowest BCUT2D eigenvalue weighted by molar-refractivity contribution is -0.889. The number of ether oxygens (including phenoxy) is 3. The Balaban J connectivity index is 4.14. The topological polar surface area (TPSA) is 102 Å². The number of carboxylic acid groups (broad SMARTS) is 1. The van der Waals surface area contributed by atoms with Gasteiger partial charge in [-0.3, -0.25) is 9.59 Å². The first kappa shape index (κ1) is 53.6. The fourth-order valence-electron chi connectivity index (χ4n) is 6.78. The van der Waals surface area contributed by atoms with E-state index in [2.05, 4.69) is 38.2 Å². The molecule has 0 radical (unpaired) electrons. The molecule has 0 bridgehead atoms. The number of likely N-dealkylation sites (N-methyl/N-ethyl adjacent to an activating group) is 1. The molecule has 2 unspecified atom stereocenters. The number of carbonyl (C=O) groups excluding carboxylic acids is 3. The number of esters is 2. The zero-order valence-corrected chi connectivity index (χ0v) is 37.1. The van der Waals surface area contributed by atoms with Crippen LogP contribution in [0, 0.1) is 0 Å². The van der Waals surface area contributed by atoms with Gasteiger partial charge in [0.05, 0.1) is 46.7 Å². The Labute approximate surface area is 344 Å². The van der Waals surface area contributed by atoms with Gasteiger partial charge in [0.15, 0.2) is 6.10 Å². The number of carbonyl (C=O) groups is 3. The Kier molecular flexibility index (Phi) is 37.7. The molecular formula is C48H87NO7. The van der Waals surface area contributed by atoms with Crippen molar-refractivity contribution in [1.29, 1.82) is 0 Å². The molecule has 0 rings (SSSR count). The van der Waals surface area contributed by atoms with E-state index in [1.807, 2.05) is 6.08 Å². The van der Waals surface area contributed by atoms with Crippen molar-refractivity contribution >= 4 is 17.9 Å². The van der Waals surface area contributed by atoms with Gasteiger partial charge in [0.25, 0.3) is 0 Å². The minimum atomic E-state index is -1.14. The second-order valence-electron chi connectivity index (χ2n) is 16.6. The number of rotatable bonds is 41. The summed E-state index contributed by atoms with van der Waals surface area (Å²) in [4.78, 5) is 36.7. The number of aliphatic carboxylic acids is 1. The van der Waals surface area contributed by atoms with Crippen LogP contribution in [0.2, 0.25) is 0 Å². The number of quaternary nitrogens is 1. The summed E-state index contributed by atoms with van der Waals surface area (Å²) in [5, 5.41) is 11.6. The zero-order valence-electron chi connectivity index (χ0n) is 37.1. The van der Waals surface area contributed by atoms with Crippen molar-refractivity contribution in [3.05, 3.63) is 36.5 Å². The molecule has 0 N–H and O–H groups in total. The minimum Gasteiger partial charge on any atom is -0.544 e. The highest BCUT2D eigenvalue weighted by Gasteiger charge is 2.25. The summed E-state index contributed by atoms with van der Waals surface area (Å²) in [6.45, 7) is 4.45. The Bertz CT molecular complexity index is 1020. The maximum Gasteiger partial charge on any atom is 0.310 e. The highest BCUT2D eigenvalue weighted by molar-refractivity contribution is 5.71. The molecule has 0 aliphatic heterocycles. The van der Waals surface area contributed by atoms with Gasteiger partial charge >= 0.3 is 11.9 Å². The van der Waals surface area contributed by atoms with Crippen molar-refractivity contribution in [2.24, 2.45) is 0 Å². The largest absolute Gasteiger partial charge is 0.544 e. The molecule has 0 fully saturated rings. The molecule has 0 aliphatic rings. The van der Waals surface area contributed by atoms with Crippen LogP contribution < -0.4 is 5.11 Å². The van der Waals surface area contributed by atoms with Crippen LogP contribution in [0.15, 0.2) is 36.5 Å². The average Bonchev–Trinajstić information content (AvgIpc) is 3.15. The third kappa shape index (κ3) is 37.1. The molecule has 2 atom stereocenters. The fraction of sp³-hybridized carbons (Fsp3) is 0.812. The molecule has 0 heterocycles. The van der Waals surface area contributed by atoms with Crippen molar-refractivity contribution in [3.63, 3.8) is 0 Å². The zero-order chi connectivity index (χ0) is 41.4. The Morgan fingerprint density at radius 2 is 0.982 bits per heavy atom. The molecule has 0 aromatic rings. The molecule has 0 saturated carbocycles. The first-order valence-electron chi connectivity index (χ1n) is 23.0. The molecule has 0 spiro atoms. The molecule has 0 saturated heterocycles. The average molecular weight is 790 g/mol. The summed E-state index contributed by atoms with van der Waals surface area (Å²) in [6, 6.07) is -0.737. The molecule has 0 aromatic heterocycles. The van der Waals surface area contributed by atoms with Crippen LogP contribution in [0.3, 0.4) is 0 Å². The van der Waals surface area contributed by atoms with Crippen molar-refractivity contribution in [2.75, 3.05) is 41.0 Å².